The summed E-state index contributed by atoms with van der Waals surface area (Å²) in [5.74, 6) is 0.00819. The molecule has 3 nitrogen and oxygen atoms in total. The first-order valence-corrected chi connectivity index (χ1v) is 9.33. The fourth-order valence-corrected chi connectivity index (χ4v) is 3.47. The molecule has 1 aromatic carbocycles. The molecule has 2 aromatic rings. The third kappa shape index (κ3) is 4.94. The normalized spacial score (nSPS) is 17.5. The predicted octanol–water partition coefficient (Wildman–Crippen LogP) is 4.62. The quantitative estimate of drug-likeness (QED) is 0.702. The molecular formula is C19H20ClNO2S. The Hall–Kier alpha value is -1.62. The van der Waals surface area contributed by atoms with Gasteiger partial charge in [-0.05, 0) is 48.1 Å². The van der Waals surface area contributed by atoms with Crippen molar-refractivity contribution in [3.05, 3.63) is 63.3 Å². The van der Waals surface area contributed by atoms with E-state index in [9.17, 15) is 4.79 Å². The van der Waals surface area contributed by atoms with E-state index in [4.69, 9.17) is 16.3 Å². The van der Waals surface area contributed by atoms with Crippen molar-refractivity contribution in [1.82, 2.24) is 4.90 Å². The van der Waals surface area contributed by atoms with Gasteiger partial charge in [0, 0.05) is 35.7 Å². The number of ether oxygens (including phenoxy) is 1. The van der Waals surface area contributed by atoms with Gasteiger partial charge in [0.15, 0.2) is 0 Å². The zero-order chi connectivity index (χ0) is 16.8. The van der Waals surface area contributed by atoms with Crippen molar-refractivity contribution in [2.75, 3.05) is 13.2 Å². The van der Waals surface area contributed by atoms with Gasteiger partial charge in [-0.25, -0.2) is 0 Å². The van der Waals surface area contributed by atoms with E-state index in [1.165, 1.54) is 0 Å². The second-order valence-electron chi connectivity index (χ2n) is 5.83. The number of benzene rings is 1. The molecule has 1 atom stereocenters. The van der Waals surface area contributed by atoms with Crippen LogP contribution in [0.5, 0.6) is 0 Å². The Kier molecular flexibility index (Phi) is 6.07. The van der Waals surface area contributed by atoms with E-state index < -0.39 is 0 Å². The maximum atomic E-state index is 12.7. The first kappa shape index (κ1) is 17.2. The summed E-state index contributed by atoms with van der Waals surface area (Å²) in [6, 6.07) is 11.6. The third-order valence-corrected chi connectivity index (χ3v) is 5.07. The number of hydrogen-bond acceptors (Lipinski definition) is 3. The van der Waals surface area contributed by atoms with Crippen LogP contribution in [0.15, 0.2) is 47.9 Å². The number of hydrogen-bond donors (Lipinski definition) is 0. The molecule has 0 spiro atoms. The van der Waals surface area contributed by atoms with Crippen molar-refractivity contribution >= 4 is 34.9 Å². The van der Waals surface area contributed by atoms with E-state index >= 15 is 0 Å². The lowest BCUT2D eigenvalue weighted by Crippen LogP contribution is -2.35. The Morgan fingerprint density at radius 3 is 2.83 bits per heavy atom. The van der Waals surface area contributed by atoms with Crippen LogP contribution in [0, 0.1) is 0 Å². The van der Waals surface area contributed by atoms with Crippen molar-refractivity contribution in [2.24, 2.45) is 0 Å². The van der Waals surface area contributed by atoms with Crippen LogP contribution in [-0.2, 0) is 16.1 Å². The van der Waals surface area contributed by atoms with Crippen molar-refractivity contribution in [3.8, 4) is 0 Å². The first-order valence-electron chi connectivity index (χ1n) is 8.07. The molecule has 24 heavy (non-hydrogen) atoms. The van der Waals surface area contributed by atoms with Crippen LogP contribution in [0.4, 0.5) is 0 Å². The molecule has 3 rings (SSSR count). The maximum Gasteiger partial charge on any atom is 0.246 e. The second kappa shape index (κ2) is 8.47. The number of amides is 1. The molecule has 0 N–H and O–H groups in total. The number of halogens is 1. The summed E-state index contributed by atoms with van der Waals surface area (Å²) in [7, 11) is 0. The summed E-state index contributed by atoms with van der Waals surface area (Å²) in [5, 5.41) is 2.70. The molecule has 126 valence electrons. The van der Waals surface area contributed by atoms with Gasteiger partial charge >= 0.3 is 0 Å². The third-order valence-electron chi connectivity index (χ3n) is 3.98. The molecule has 0 aliphatic carbocycles. The summed E-state index contributed by atoms with van der Waals surface area (Å²) >= 11 is 7.56. The van der Waals surface area contributed by atoms with E-state index in [1.807, 2.05) is 52.8 Å². The smallest absolute Gasteiger partial charge is 0.246 e. The monoisotopic (exact) mass is 361 g/mol. The zero-order valence-corrected chi connectivity index (χ0v) is 14.9. The topological polar surface area (TPSA) is 29.5 Å². The first-order chi connectivity index (χ1) is 11.7. The summed E-state index contributed by atoms with van der Waals surface area (Å²) < 4.78 is 5.70. The maximum absolute atomic E-state index is 12.7. The van der Waals surface area contributed by atoms with Crippen molar-refractivity contribution in [2.45, 2.75) is 25.5 Å². The molecule has 1 aliphatic heterocycles. The molecule has 1 aliphatic rings. The highest BCUT2D eigenvalue weighted by atomic mass is 35.5. The number of carbonyl (C=O) groups excluding carboxylic acids is 1. The van der Waals surface area contributed by atoms with Gasteiger partial charge in [-0.15, -0.1) is 11.3 Å². The molecule has 5 heteroatoms. The Morgan fingerprint density at radius 1 is 1.33 bits per heavy atom. The minimum atomic E-state index is 0.00819. The molecule has 0 unspecified atom stereocenters. The molecular weight excluding hydrogens is 342 g/mol. The van der Waals surface area contributed by atoms with Gasteiger partial charge in [0.1, 0.15) is 0 Å². The van der Waals surface area contributed by atoms with Crippen LogP contribution in [0.1, 0.15) is 23.3 Å². The molecule has 1 saturated heterocycles. The predicted molar refractivity (Wildman–Crippen MR) is 99.2 cm³/mol. The van der Waals surface area contributed by atoms with E-state index in [1.54, 1.807) is 17.4 Å². The van der Waals surface area contributed by atoms with Gasteiger partial charge in [0.25, 0.3) is 0 Å². The SMILES string of the molecule is O=C(/C=C/c1cccs1)N(Cc1ccc(Cl)cc1)C[C@H]1CCCO1. The Bertz CT molecular complexity index is 676. The highest BCUT2D eigenvalue weighted by Crippen LogP contribution is 2.17. The van der Waals surface area contributed by atoms with Crippen molar-refractivity contribution < 1.29 is 9.53 Å². The summed E-state index contributed by atoms with van der Waals surface area (Å²) in [6.07, 6.45) is 5.74. The van der Waals surface area contributed by atoms with Crippen LogP contribution in [-0.4, -0.2) is 30.1 Å². The average Bonchev–Trinajstić information content (AvgIpc) is 3.27. The van der Waals surface area contributed by atoms with E-state index in [2.05, 4.69) is 0 Å². The van der Waals surface area contributed by atoms with Gasteiger partial charge in [0.2, 0.25) is 5.91 Å². The van der Waals surface area contributed by atoms with Gasteiger partial charge in [-0.3, -0.25) is 4.79 Å². The summed E-state index contributed by atoms with van der Waals surface area (Å²) in [5.41, 5.74) is 1.07. The van der Waals surface area contributed by atoms with Crippen LogP contribution in [0.3, 0.4) is 0 Å². The van der Waals surface area contributed by atoms with Crippen LogP contribution >= 0.6 is 22.9 Å². The van der Waals surface area contributed by atoms with Crippen LogP contribution in [0.2, 0.25) is 5.02 Å². The number of nitrogens with zero attached hydrogens (tertiary/aromatic N) is 1. The standard InChI is InChI=1S/C19H20ClNO2S/c20-16-7-5-15(6-8-16)13-21(14-17-3-1-11-23-17)19(22)10-9-18-4-2-12-24-18/h2,4-10,12,17H,1,3,11,13-14H2/b10-9+/t17-/m1/s1. The highest BCUT2D eigenvalue weighted by Gasteiger charge is 2.21. The minimum absolute atomic E-state index is 0.00819. The number of rotatable bonds is 6. The molecule has 1 aromatic heterocycles. The molecule has 0 saturated carbocycles. The van der Waals surface area contributed by atoms with Crippen LogP contribution < -0.4 is 0 Å². The summed E-state index contributed by atoms with van der Waals surface area (Å²) in [6.45, 7) is 1.97. The van der Waals surface area contributed by atoms with E-state index in [0.717, 1.165) is 29.9 Å². The van der Waals surface area contributed by atoms with Gasteiger partial charge in [-0.2, -0.15) is 0 Å². The molecule has 0 bridgehead atoms. The lowest BCUT2D eigenvalue weighted by molar-refractivity contribution is -0.128. The zero-order valence-electron chi connectivity index (χ0n) is 13.4. The Labute approximate surface area is 151 Å². The Morgan fingerprint density at radius 2 is 2.17 bits per heavy atom. The van der Waals surface area contributed by atoms with E-state index in [0.29, 0.717) is 18.1 Å². The van der Waals surface area contributed by atoms with Crippen molar-refractivity contribution in [3.63, 3.8) is 0 Å². The fraction of sp³-hybridized carbons (Fsp3) is 0.316. The lowest BCUT2D eigenvalue weighted by Gasteiger charge is -2.24. The number of thiophene rings is 1. The van der Waals surface area contributed by atoms with E-state index in [-0.39, 0.29) is 12.0 Å². The largest absolute Gasteiger partial charge is 0.376 e. The summed E-state index contributed by atoms with van der Waals surface area (Å²) in [4.78, 5) is 15.6. The molecule has 2 heterocycles. The van der Waals surface area contributed by atoms with Crippen molar-refractivity contribution in [1.29, 1.82) is 0 Å². The Balaban J connectivity index is 1.70. The van der Waals surface area contributed by atoms with Gasteiger partial charge in [0.05, 0.1) is 6.10 Å². The average molecular weight is 362 g/mol. The van der Waals surface area contributed by atoms with Gasteiger partial charge < -0.3 is 9.64 Å². The van der Waals surface area contributed by atoms with Crippen LogP contribution in [0.25, 0.3) is 6.08 Å². The molecule has 0 radical (unpaired) electrons. The number of carbonyl (C=O) groups is 1. The fourth-order valence-electron chi connectivity index (χ4n) is 2.72. The highest BCUT2D eigenvalue weighted by molar-refractivity contribution is 7.10. The lowest BCUT2D eigenvalue weighted by atomic mass is 10.1. The minimum Gasteiger partial charge on any atom is -0.376 e. The van der Waals surface area contributed by atoms with Gasteiger partial charge in [-0.1, -0.05) is 29.8 Å². The molecule has 1 fully saturated rings. The molecule has 1 amide bonds. The second-order valence-corrected chi connectivity index (χ2v) is 7.24.